The number of benzene rings is 4. The fourth-order valence-corrected chi connectivity index (χ4v) is 14.0. The maximum absolute atomic E-state index is 2.99. The van der Waals surface area contributed by atoms with E-state index in [2.05, 4.69) is 279 Å². The molecule has 12 heteroatoms. The van der Waals surface area contributed by atoms with E-state index >= 15 is 0 Å². The summed E-state index contributed by atoms with van der Waals surface area (Å²) in [6.07, 6.45) is 30.8. The zero-order valence-corrected chi connectivity index (χ0v) is 58.2. The number of halogens is 7. The Morgan fingerprint density at radius 3 is 0.603 bits per heavy atom. The third-order valence-corrected chi connectivity index (χ3v) is 16.7. The minimum atomic E-state index is -2.74. The molecule has 386 valence electrons. The van der Waals surface area contributed by atoms with Crippen LogP contribution in [0.1, 0.15) is 182 Å². The van der Waals surface area contributed by atoms with E-state index in [1.165, 1.54) is 177 Å². The van der Waals surface area contributed by atoms with Crippen LogP contribution in [0, 0.1) is 0 Å². The summed E-state index contributed by atoms with van der Waals surface area (Å²) >= 11 is 12.7. The van der Waals surface area contributed by atoms with E-state index in [9.17, 15) is 0 Å². The Hall–Kier alpha value is 1.62. The van der Waals surface area contributed by atoms with Gasteiger partial charge in [-0.05, 0) is 74.2 Å². The van der Waals surface area contributed by atoms with Gasteiger partial charge in [0.25, 0.3) is 0 Å². The highest BCUT2D eigenvalue weighted by atomic mass is 128. The summed E-state index contributed by atoms with van der Waals surface area (Å²) in [4.78, 5) is 0. The predicted molar refractivity (Wildman–Crippen MR) is 360 cm³/mol. The highest BCUT2D eigenvalue weighted by molar-refractivity contribution is 15.0. The van der Waals surface area contributed by atoms with Crippen molar-refractivity contribution in [3.63, 3.8) is 0 Å². The minimum absolute atomic E-state index is 0. The molecule has 4 aromatic carbocycles. The Labute approximate surface area is 506 Å². The average molecular weight is 1740 g/mol. The second-order valence-electron chi connectivity index (χ2n) is 17.4. The largest absolute Gasteiger partial charge is 1.00 e. The molecule has 0 spiro atoms. The zero-order chi connectivity index (χ0) is 49.1. The highest BCUT2D eigenvalue weighted by Crippen LogP contribution is 2.73. The molecular formula is C56H88I7N4P. The van der Waals surface area contributed by atoms with Gasteiger partial charge in [0.1, 0.15) is 0 Å². The van der Waals surface area contributed by atoms with Gasteiger partial charge in [-0.1, -0.05) is 229 Å². The topological polar surface area (TPSA) is 13.0 Å². The van der Waals surface area contributed by atoms with Crippen LogP contribution in [0.3, 0.4) is 0 Å². The maximum Gasteiger partial charge on any atom is 0.405 e. The molecule has 0 aliphatic rings. The average Bonchev–Trinajstić information content (AvgIpc) is 3.40. The van der Waals surface area contributed by atoms with Crippen LogP contribution in [0.4, 0.5) is 22.7 Å². The van der Waals surface area contributed by atoms with Gasteiger partial charge in [0, 0.05) is 112 Å². The van der Waals surface area contributed by atoms with Crippen molar-refractivity contribution in [2.75, 3.05) is 44.9 Å². The molecule has 0 saturated heterocycles. The van der Waals surface area contributed by atoms with Gasteiger partial charge in [-0.2, -0.15) is 18.7 Å². The van der Waals surface area contributed by atoms with Gasteiger partial charge in [0.05, 0.1) is 48.9 Å². The normalized spacial score (nSPS) is 10.6. The number of unbranched alkanes of at least 4 members (excludes halogenated alkanes) is 20. The Bertz CT molecular complexity index is 1380. The summed E-state index contributed by atoms with van der Waals surface area (Å²) in [7, 11) is -2.74. The summed E-state index contributed by atoms with van der Waals surface area (Å²) in [5.41, 5.74) is 5.39. The Balaban J connectivity index is 0.00000616. The van der Waals surface area contributed by atoms with E-state index < -0.39 is 7.87 Å². The van der Waals surface area contributed by atoms with Crippen molar-refractivity contribution < 1.29 is 24.0 Å². The number of anilines is 4. The van der Waals surface area contributed by atoms with Crippen molar-refractivity contribution in [2.45, 2.75) is 182 Å². The molecule has 0 bridgehead atoms. The number of hydrogen-bond donors (Lipinski definition) is 0. The molecule has 4 nitrogen and oxygen atoms in total. The van der Waals surface area contributed by atoms with Gasteiger partial charge < -0.3 is 24.0 Å². The standard InChI is InChI=1S/C56H88N4P.3I2.HI/c1-5-9-13-17-21-37-49-57(53-41-29-25-30-42-53)61(58(54-43-31-26-32-44-54)50-38-22-18-14-10-6-2,59(55-45-33-27-34-46-55)51-39-23-19-15-11-7-3)60(56-47-35-28-36-48-56)52-40-24-20-16-12-8-4;3*1-2;/h25-36,41-48H,5-24,37-40,49-52H2,1-4H3;;;;1H/q+1;;;;/p-1. The van der Waals surface area contributed by atoms with Crippen molar-refractivity contribution in [1.82, 2.24) is 0 Å². The molecule has 0 N–H and O–H groups in total. The Morgan fingerprint density at radius 2 is 0.426 bits per heavy atom. The van der Waals surface area contributed by atoms with Gasteiger partial charge in [-0.25, -0.2) is 0 Å². The second kappa shape index (κ2) is 49.5. The van der Waals surface area contributed by atoms with Crippen LogP contribution >= 0.6 is 120 Å². The van der Waals surface area contributed by atoms with Crippen LogP contribution in [0.25, 0.3) is 0 Å². The lowest BCUT2D eigenvalue weighted by molar-refractivity contribution is -0.0000131. The van der Waals surface area contributed by atoms with Gasteiger partial charge in [-0.3, -0.25) is 0 Å². The molecule has 4 rings (SSSR count). The lowest BCUT2D eigenvalue weighted by Crippen LogP contribution is -3.00. The molecule has 0 aromatic heterocycles. The first kappa shape index (κ1) is 69.6. The molecule has 0 atom stereocenters. The minimum Gasteiger partial charge on any atom is -1.00 e. The summed E-state index contributed by atoms with van der Waals surface area (Å²) in [6.45, 7) is 13.4. The zero-order valence-electron chi connectivity index (χ0n) is 42.2. The summed E-state index contributed by atoms with van der Waals surface area (Å²) in [5.74, 6) is 0. The lowest BCUT2D eigenvalue weighted by Gasteiger charge is -2.53. The summed E-state index contributed by atoms with van der Waals surface area (Å²) < 4.78 is 12.0. The molecule has 0 radical (unpaired) electrons. The number of para-hydroxylation sites is 4. The third kappa shape index (κ3) is 26.9. The van der Waals surface area contributed by atoms with Crippen molar-refractivity contribution >= 4 is 142 Å². The van der Waals surface area contributed by atoms with Crippen molar-refractivity contribution in [3.8, 4) is 0 Å². The molecule has 0 heterocycles. The van der Waals surface area contributed by atoms with Crippen LogP contribution in [0.2, 0.25) is 0 Å². The van der Waals surface area contributed by atoms with Gasteiger partial charge in [-0.15, -0.1) is 0 Å². The van der Waals surface area contributed by atoms with Gasteiger partial charge >= 0.3 is 7.87 Å². The predicted octanol–water partition coefficient (Wildman–Crippen LogP) is 20.5. The lowest BCUT2D eigenvalue weighted by atomic mass is 10.1. The van der Waals surface area contributed by atoms with E-state index in [1.807, 2.05) is 0 Å². The third-order valence-electron chi connectivity index (χ3n) is 12.4. The summed E-state index contributed by atoms with van der Waals surface area (Å²) in [6, 6.07) is 46.7. The number of rotatable bonds is 36. The molecule has 0 amide bonds. The van der Waals surface area contributed by atoms with Crippen molar-refractivity contribution in [3.05, 3.63) is 121 Å². The Morgan fingerprint density at radius 1 is 0.265 bits per heavy atom. The van der Waals surface area contributed by atoms with Crippen LogP contribution in [0.15, 0.2) is 121 Å². The van der Waals surface area contributed by atoms with E-state index in [0.29, 0.717) is 0 Å². The first-order valence-electron chi connectivity index (χ1n) is 25.9. The molecule has 4 aromatic rings. The SMILES string of the molecule is CCCCCCCCN(c1ccccc1)[P+](N(CCCCCCCC)c1ccccc1)(N(CCCCCCCC)c1ccccc1)N(CCCCCCCC)c1ccccc1.II.II.II.[I-]. The first-order chi connectivity index (χ1) is 33.2. The molecule has 68 heavy (non-hydrogen) atoms. The fourth-order valence-electron chi connectivity index (χ4n) is 9.02. The van der Waals surface area contributed by atoms with E-state index in [4.69, 9.17) is 0 Å². The van der Waals surface area contributed by atoms with Gasteiger partial charge in [0.2, 0.25) is 0 Å². The molecular weight excluding hydrogens is 1650 g/mol. The monoisotopic (exact) mass is 1740 g/mol. The van der Waals surface area contributed by atoms with Crippen molar-refractivity contribution in [1.29, 1.82) is 0 Å². The van der Waals surface area contributed by atoms with E-state index in [-0.39, 0.29) is 24.0 Å². The second-order valence-corrected chi connectivity index (χ2v) is 20.4. The summed E-state index contributed by atoms with van der Waals surface area (Å²) in [5, 5.41) is 0. The fraction of sp³-hybridized carbons (Fsp3) is 0.571. The highest BCUT2D eigenvalue weighted by Gasteiger charge is 2.63. The van der Waals surface area contributed by atoms with E-state index in [1.54, 1.807) is 0 Å². The quantitative estimate of drug-likeness (QED) is 0.0256. The smallest absolute Gasteiger partial charge is 0.405 e. The maximum atomic E-state index is 2.99. The first-order valence-corrected chi connectivity index (χ1v) is 46.3. The van der Waals surface area contributed by atoms with E-state index in [0.717, 1.165) is 26.2 Å². The Kier molecular flexibility index (Phi) is 50.7. The van der Waals surface area contributed by atoms with Crippen LogP contribution < -0.4 is 42.7 Å². The number of nitrogens with zero attached hydrogens (tertiary/aromatic N) is 4. The number of hydrogen-bond acceptors (Lipinski definition) is 4. The van der Waals surface area contributed by atoms with Gasteiger partial charge in [0.15, 0.2) is 0 Å². The molecule has 0 saturated carbocycles. The molecule has 0 unspecified atom stereocenters. The van der Waals surface area contributed by atoms with Crippen LogP contribution in [0.5, 0.6) is 0 Å². The van der Waals surface area contributed by atoms with Crippen LogP contribution in [-0.2, 0) is 0 Å². The van der Waals surface area contributed by atoms with Crippen molar-refractivity contribution in [2.24, 2.45) is 0 Å². The molecule has 0 aliphatic carbocycles. The van der Waals surface area contributed by atoms with Crippen LogP contribution in [-0.4, -0.2) is 26.2 Å². The molecule has 0 fully saturated rings. The molecule has 0 aliphatic heterocycles.